The minimum Gasteiger partial charge on any atom is -0.497 e. The van der Waals surface area contributed by atoms with Crippen LogP contribution in [0, 0.1) is 11.7 Å². The topological polar surface area (TPSA) is 66.8 Å². The van der Waals surface area contributed by atoms with E-state index in [0.717, 1.165) is 0 Å². The van der Waals surface area contributed by atoms with Gasteiger partial charge in [0.25, 0.3) is 0 Å². The second-order valence-corrected chi connectivity index (χ2v) is 5.61. The number of halogens is 1. The van der Waals surface area contributed by atoms with E-state index >= 15 is 0 Å². The Hall–Kier alpha value is -2.89. The third-order valence-electron chi connectivity index (χ3n) is 4.20. The van der Waals surface area contributed by atoms with E-state index in [0.29, 0.717) is 17.0 Å². The summed E-state index contributed by atoms with van der Waals surface area (Å²) in [5, 5.41) is 9.51. The number of aliphatic carboxylic acids is 1. The first-order chi connectivity index (χ1) is 11.5. The van der Waals surface area contributed by atoms with Crippen molar-refractivity contribution in [1.29, 1.82) is 0 Å². The summed E-state index contributed by atoms with van der Waals surface area (Å²) in [7, 11) is 1.54. The van der Waals surface area contributed by atoms with Crippen molar-refractivity contribution in [3.05, 3.63) is 59.9 Å². The predicted octanol–water partition coefficient (Wildman–Crippen LogP) is 3.01. The van der Waals surface area contributed by atoms with E-state index in [2.05, 4.69) is 0 Å². The number of ether oxygens (including phenoxy) is 1. The molecule has 1 aliphatic rings. The summed E-state index contributed by atoms with van der Waals surface area (Å²) < 4.78 is 18.3. The van der Waals surface area contributed by atoms with Crippen LogP contribution in [0.1, 0.15) is 18.0 Å². The molecule has 0 saturated carbocycles. The first-order valence-electron chi connectivity index (χ1n) is 7.45. The number of carboxylic acid groups (broad SMARTS) is 1. The van der Waals surface area contributed by atoms with Crippen molar-refractivity contribution in [2.24, 2.45) is 5.92 Å². The minimum atomic E-state index is -1.03. The highest BCUT2D eigenvalue weighted by Crippen LogP contribution is 2.41. The Morgan fingerprint density at radius 1 is 1.17 bits per heavy atom. The second-order valence-electron chi connectivity index (χ2n) is 5.61. The van der Waals surface area contributed by atoms with Crippen molar-refractivity contribution in [3.63, 3.8) is 0 Å². The maximum atomic E-state index is 13.2. The molecular weight excluding hydrogens is 313 g/mol. The predicted molar refractivity (Wildman–Crippen MR) is 85.4 cm³/mol. The number of benzene rings is 2. The molecule has 1 aliphatic heterocycles. The molecule has 1 N–H and O–H groups in total. The average Bonchev–Trinajstić information content (AvgIpc) is 2.93. The number of methoxy groups -OCH3 is 1. The Morgan fingerprint density at radius 2 is 1.79 bits per heavy atom. The zero-order valence-corrected chi connectivity index (χ0v) is 13.0. The SMILES string of the molecule is COc1ccc(C2C(C(=O)O)CC(=O)N2c2ccc(F)cc2)cc1. The molecule has 0 radical (unpaired) electrons. The standard InChI is InChI=1S/C18H16FNO4/c1-24-14-8-2-11(3-9-14)17-15(18(22)23)10-16(21)20(17)13-6-4-12(19)5-7-13/h2-9,15,17H,10H2,1H3,(H,22,23). The molecule has 1 fully saturated rings. The maximum Gasteiger partial charge on any atom is 0.309 e. The Morgan fingerprint density at radius 3 is 2.33 bits per heavy atom. The minimum absolute atomic E-state index is 0.0938. The number of carboxylic acids is 1. The molecule has 2 aromatic carbocycles. The van der Waals surface area contributed by atoms with Gasteiger partial charge >= 0.3 is 5.97 Å². The summed E-state index contributed by atoms with van der Waals surface area (Å²) in [4.78, 5) is 25.5. The summed E-state index contributed by atoms with van der Waals surface area (Å²) in [5.41, 5.74) is 1.17. The number of carbonyl (C=O) groups is 2. The first-order valence-corrected chi connectivity index (χ1v) is 7.45. The first kappa shape index (κ1) is 16.0. The largest absolute Gasteiger partial charge is 0.497 e. The van der Waals surface area contributed by atoms with Crippen molar-refractivity contribution in [1.82, 2.24) is 0 Å². The zero-order chi connectivity index (χ0) is 17.3. The quantitative estimate of drug-likeness (QED) is 0.936. The third kappa shape index (κ3) is 2.82. The highest BCUT2D eigenvalue weighted by Gasteiger charge is 2.45. The van der Waals surface area contributed by atoms with Crippen molar-refractivity contribution < 1.29 is 23.8 Å². The molecular formula is C18H16FNO4. The number of anilines is 1. The van der Waals surface area contributed by atoms with Gasteiger partial charge in [-0.05, 0) is 42.0 Å². The van der Waals surface area contributed by atoms with Gasteiger partial charge in [0.15, 0.2) is 0 Å². The molecule has 0 aromatic heterocycles. The van der Waals surface area contributed by atoms with Crippen LogP contribution in [-0.2, 0) is 9.59 Å². The summed E-state index contributed by atoms with van der Waals surface area (Å²) in [6.45, 7) is 0. The maximum absolute atomic E-state index is 13.2. The van der Waals surface area contributed by atoms with Crippen LogP contribution in [0.3, 0.4) is 0 Å². The van der Waals surface area contributed by atoms with Gasteiger partial charge in [0.2, 0.25) is 5.91 Å². The summed E-state index contributed by atoms with van der Waals surface area (Å²) in [5.74, 6) is -1.97. The van der Waals surface area contributed by atoms with Gasteiger partial charge in [-0.2, -0.15) is 0 Å². The van der Waals surface area contributed by atoms with Crippen LogP contribution < -0.4 is 9.64 Å². The molecule has 6 heteroatoms. The fourth-order valence-corrected chi connectivity index (χ4v) is 3.04. The molecule has 0 spiro atoms. The number of carbonyl (C=O) groups excluding carboxylic acids is 1. The smallest absolute Gasteiger partial charge is 0.309 e. The second kappa shape index (κ2) is 6.31. The van der Waals surface area contributed by atoms with E-state index in [9.17, 15) is 19.1 Å². The normalized spacial score (nSPS) is 20.2. The molecule has 124 valence electrons. The lowest BCUT2D eigenvalue weighted by Crippen LogP contribution is -2.30. The Kier molecular flexibility index (Phi) is 4.20. The van der Waals surface area contributed by atoms with Gasteiger partial charge in [-0.15, -0.1) is 0 Å². The molecule has 2 atom stereocenters. The molecule has 0 aliphatic carbocycles. The van der Waals surface area contributed by atoms with E-state index in [1.54, 1.807) is 31.4 Å². The molecule has 24 heavy (non-hydrogen) atoms. The number of rotatable bonds is 4. The van der Waals surface area contributed by atoms with Crippen molar-refractivity contribution in [3.8, 4) is 5.75 Å². The molecule has 1 heterocycles. The average molecular weight is 329 g/mol. The van der Waals surface area contributed by atoms with Crippen molar-refractivity contribution in [2.75, 3.05) is 12.0 Å². The number of nitrogens with zero attached hydrogens (tertiary/aromatic N) is 1. The van der Waals surface area contributed by atoms with Crippen molar-refractivity contribution in [2.45, 2.75) is 12.5 Å². The highest BCUT2D eigenvalue weighted by molar-refractivity contribution is 6.00. The van der Waals surface area contributed by atoms with E-state index in [4.69, 9.17) is 4.74 Å². The van der Waals surface area contributed by atoms with Crippen LogP contribution in [0.2, 0.25) is 0 Å². The molecule has 5 nitrogen and oxygen atoms in total. The van der Waals surface area contributed by atoms with Gasteiger partial charge in [-0.25, -0.2) is 4.39 Å². The number of amides is 1. The molecule has 2 aromatic rings. The van der Waals surface area contributed by atoms with E-state index in [-0.39, 0.29) is 12.3 Å². The fourth-order valence-electron chi connectivity index (χ4n) is 3.04. The van der Waals surface area contributed by atoms with Gasteiger partial charge in [-0.1, -0.05) is 12.1 Å². The molecule has 2 unspecified atom stereocenters. The number of hydrogen-bond donors (Lipinski definition) is 1. The van der Waals surface area contributed by atoms with Crippen molar-refractivity contribution >= 4 is 17.6 Å². The van der Waals surface area contributed by atoms with E-state index in [1.165, 1.54) is 29.2 Å². The third-order valence-corrected chi connectivity index (χ3v) is 4.20. The van der Waals surface area contributed by atoms with Gasteiger partial charge in [0.1, 0.15) is 11.6 Å². The molecule has 1 saturated heterocycles. The zero-order valence-electron chi connectivity index (χ0n) is 13.0. The fraction of sp³-hybridized carbons (Fsp3) is 0.222. The van der Waals surface area contributed by atoms with Crippen LogP contribution in [0.4, 0.5) is 10.1 Å². The Balaban J connectivity index is 2.05. The number of hydrogen-bond acceptors (Lipinski definition) is 3. The lowest BCUT2D eigenvalue weighted by molar-refractivity contribution is -0.142. The molecule has 3 rings (SSSR count). The summed E-state index contributed by atoms with van der Waals surface area (Å²) in [6, 6.07) is 11.8. The summed E-state index contributed by atoms with van der Waals surface area (Å²) >= 11 is 0. The van der Waals surface area contributed by atoms with Gasteiger partial charge in [-0.3, -0.25) is 9.59 Å². The highest BCUT2D eigenvalue weighted by atomic mass is 19.1. The van der Waals surface area contributed by atoms with Gasteiger partial charge < -0.3 is 14.7 Å². The molecule has 0 bridgehead atoms. The molecule has 1 amide bonds. The van der Waals surface area contributed by atoms with Crippen LogP contribution in [0.5, 0.6) is 5.75 Å². The van der Waals surface area contributed by atoms with Gasteiger partial charge in [0.05, 0.1) is 19.1 Å². The van der Waals surface area contributed by atoms with Crippen LogP contribution >= 0.6 is 0 Å². The lowest BCUT2D eigenvalue weighted by Gasteiger charge is -2.27. The van der Waals surface area contributed by atoms with E-state index in [1.807, 2.05) is 0 Å². The van der Waals surface area contributed by atoms with Gasteiger partial charge in [0, 0.05) is 12.1 Å². The van der Waals surface area contributed by atoms with Crippen LogP contribution in [-0.4, -0.2) is 24.1 Å². The lowest BCUT2D eigenvalue weighted by atomic mass is 9.93. The van der Waals surface area contributed by atoms with Crippen LogP contribution in [0.15, 0.2) is 48.5 Å². The Labute approximate surface area is 138 Å². The monoisotopic (exact) mass is 329 g/mol. The Bertz CT molecular complexity index is 758. The van der Waals surface area contributed by atoms with Crippen LogP contribution in [0.25, 0.3) is 0 Å². The van der Waals surface area contributed by atoms with E-state index < -0.39 is 23.7 Å². The summed E-state index contributed by atoms with van der Waals surface area (Å²) in [6.07, 6.45) is -0.0938.